The summed E-state index contributed by atoms with van der Waals surface area (Å²) in [4.78, 5) is 17.3. The lowest BCUT2D eigenvalue weighted by molar-refractivity contribution is -0.117. The van der Waals surface area contributed by atoms with E-state index in [1.54, 1.807) is 11.1 Å². The minimum absolute atomic E-state index is 0.0931. The molecule has 2 rings (SSSR count). The number of hydrogen-bond acceptors (Lipinski definition) is 3. The van der Waals surface area contributed by atoms with Crippen molar-refractivity contribution in [3.05, 3.63) is 22.8 Å². The standard InChI is InChI=1S/C9H9BrN2OS/c10-6-1-2-11-8(3-6)12-5-7(14)4-9(12)13/h1-3,7,14H,4-5H2. The molecule has 74 valence electrons. The minimum Gasteiger partial charge on any atom is -0.296 e. The number of pyridine rings is 1. The van der Waals surface area contributed by atoms with Crippen LogP contribution in [0.25, 0.3) is 0 Å². The molecule has 2 heterocycles. The van der Waals surface area contributed by atoms with E-state index in [1.807, 2.05) is 12.1 Å². The summed E-state index contributed by atoms with van der Waals surface area (Å²) in [6, 6.07) is 3.67. The Morgan fingerprint density at radius 2 is 2.43 bits per heavy atom. The first-order valence-electron chi connectivity index (χ1n) is 4.27. The fraction of sp³-hybridized carbons (Fsp3) is 0.333. The molecule has 14 heavy (non-hydrogen) atoms. The molecule has 1 atom stereocenters. The summed E-state index contributed by atoms with van der Waals surface area (Å²) in [6.45, 7) is 0.644. The highest BCUT2D eigenvalue weighted by Crippen LogP contribution is 2.24. The normalized spacial score (nSPS) is 21.7. The van der Waals surface area contributed by atoms with E-state index in [2.05, 4.69) is 33.5 Å². The van der Waals surface area contributed by atoms with Gasteiger partial charge in [0.2, 0.25) is 5.91 Å². The lowest BCUT2D eigenvalue weighted by Gasteiger charge is -2.14. The Hall–Kier alpha value is -0.550. The van der Waals surface area contributed by atoms with Gasteiger partial charge in [0.05, 0.1) is 0 Å². The van der Waals surface area contributed by atoms with Crippen LogP contribution in [0, 0.1) is 0 Å². The molecule has 1 aromatic heterocycles. The number of halogens is 1. The zero-order valence-electron chi connectivity index (χ0n) is 7.35. The Labute approximate surface area is 96.0 Å². The van der Waals surface area contributed by atoms with Crippen LogP contribution in [0.15, 0.2) is 22.8 Å². The van der Waals surface area contributed by atoms with Crippen molar-refractivity contribution in [2.75, 3.05) is 11.4 Å². The Kier molecular flexibility index (Phi) is 2.78. The van der Waals surface area contributed by atoms with Crippen LogP contribution in [0.4, 0.5) is 5.82 Å². The first-order chi connectivity index (χ1) is 6.66. The molecule has 0 aromatic carbocycles. The molecule has 1 aliphatic heterocycles. The molecule has 0 aliphatic carbocycles. The number of hydrogen-bond donors (Lipinski definition) is 1. The molecular weight excluding hydrogens is 264 g/mol. The maximum absolute atomic E-state index is 11.5. The molecule has 3 nitrogen and oxygen atoms in total. The predicted octanol–water partition coefficient (Wildman–Crippen LogP) is 1.88. The van der Waals surface area contributed by atoms with Gasteiger partial charge in [-0.25, -0.2) is 4.98 Å². The molecule has 1 amide bonds. The van der Waals surface area contributed by atoms with E-state index in [0.29, 0.717) is 18.8 Å². The van der Waals surface area contributed by atoms with E-state index in [-0.39, 0.29) is 11.2 Å². The third kappa shape index (κ3) is 1.93. The molecule has 1 unspecified atom stereocenters. The van der Waals surface area contributed by atoms with Crippen molar-refractivity contribution >= 4 is 40.3 Å². The van der Waals surface area contributed by atoms with E-state index in [0.717, 1.165) is 4.47 Å². The summed E-state index contributed by atoms with van der Waals surface area (Å²) in [7, 11) is 0. The molecule has 0 bridgehead atoms. The summed E-state index contributed by atoms with van der Waals surface area (Å²) in [5.41, 5.74) is 0. The molecule has 1 saturated heterocycles. The highest BCUT2D eigenvalue weighted by molar-refractivity contribution is 9.10. The van der Waals surface area contributed by atoms with Gasteiger partial charge in [-0.3, -0.25) is 9.69 Å². The maximum atomic E-state index is 11.5. The first-order valence-corrected chi connectivity index (χ1v) is 5.58. The van der Waals surface area contributed by atoms with Gasteiger partial charge in [-0.1, -0.05) is 15.9 Å². The second kappa shape index (κ2) is 3.90. The van der Waals surface area contributed by atoms with Crippen LogP contribution >= 0.6 is 28.6 Å². The fourth-order valence-corrected chi connectivity index (χ4v) is 2.09. The van der Waals surface area contributed by atoms with E-state index in [1.165, 1.54) is 0 Å². The Morgan fingerprint density at radius 1 is 1.64 bits per heavy atom. The Balaban J connectivity index is 2.27. The summed E-state index contributed by atoms with van der Waals surface area (Å²) >= 11 is 7.63. The smallest absolute Gasteiger partial charge is 0.229 e. The van der Waals surface area contributed by atoms with E-state index >= 15 is 0 Å². The van der Waals surface area contributed by atoms with Crippen LogP contribution in [-0.2, 0) is 4.79 Å². The molecule has 1 aliphatic rings. The molecule has 5 heteroatoms. The topological polar surface area (TPSA) is 33.2 Å². The fourth-order valence-electron chi connectivity index (χ4n) is 1.45. The van der Waals surface area contributed by atoms with Gasteiger partial charge in [0.25, 0.3) is 0 Å². The van der Waals surface area contributed by atoms with Gasteiger partial charge >= 0.3 is 0 Å². The first kappa shape index (κ1) is 9.98. The molecule has 0 saturated carbocycles. The zero-order chi connectivity index (χ0) is 10.1. The number of amides is 1. The molecule has 0 N–H and O–H groups in total. The van der Waals surface area contributed by atoms with Crippen molar-refractivity contribution in [3.63, 3.8) is 0 Å². The van der Waals surface area contributed by atoms with Crippen LogP contribution in [0.3, 0.4) is 0 Å². The largest absolute Gasteiger partial charge is 0.296 e. The van der Waals surface area contributed by atoms with Crippen molar-refractivity contribution in [2.45, 2.75) is 11.7 Å². The van der Waals surface area contributed by atoms with Gasteiger partial charge in [-0.2, -0.15) is 12.6 Å². The summed E-state index contributed by atoms with van der Waals surface area (Å²) in [6.07, 6.45) is 2.18. The Bertz CT molecular complexity index is 372. The summed E-state index contributed by atoms with van der Waals surface area (Å²) < 4.78 is 0.929. The molecule has 0 spiro atoms. The van der Waals surface area contributed by atoms with Crippen molar-refractivity contribution in [2.24, 2.45) is 0 Å². The lowest BCUT2D eigenvalue weighted by Crippen LogP contribution is -2.25. The maximum Gasteiger partial charge on any atom is 0.229 e. The van der Waals surface area contributed by atoms with Crippen molar-refractivity contribution in [1.29, 1.82) is 0 Å². The van der Waals surface area contributed by atoms with Gasteiger partial charge in [-0.15, -0.1) is 0 Å². The lowest BCUT2D eigenvalue weighted by atomic mass is 10.4. The monoisotopic (exact) mass is 272 g/mol. The number of nitrogens with zero attached hydrogens (tertiary/aromatic N) is 2. The number of thiol groups is 1. The number of carbonyl (C=O) groups excluding carboxylic acids is 1. The van der Waals surface area contributed by atoms with Crippen LogP contribution in [0.2, 0.25) is 0 Å². The van der Waals surface area contributed by atoms with E-state index in [4.69, 9.17) is 0 Å². The zero-order valence-corrected chi connectivity index (χ0v) is 9.83. The third-order valence-corrected chi connectivity index (χ3v) is 2.93. The summed E-state index contributed by atoms with van der Waals surface area (Å²) in [5, 5.41) is 0.128. The number of anilines is 1. The molecular formula is C9H9BrN2OS. The second-order valence-electron chi connectivity index (χ2n) is 3.19. The molecule has 0 radical (unpaired) electrons. The van der Waals surface area contributed by atoms with E-state index < -0.39 is 0 Å². The van der Waals surface area contributed by atoms with Gasteiger partial charge in [0, 0.05) is 28.9 Å². The van der Waals surface area contributed by atoms with Crippen LogP contribution in [0.1, 0.15) is 6.42 Å². The van der Waals surface area contributed by atoms with Crippen LogP contribution in [0.5, 0.6) is 0 Å². The predicted molar refractivity (Wildman–Crippen MR) is 61.7 cm³/mol. The SMILES string of the molecule is O=C1CC(S)CN1c1cc(Br)ccn1. The Morgan fingerprint density at radius 3 is 3.00 bits per heavy atom. The van der Waals surface area contributed by atoms with Gasteiger partial charge < -0.3 is 0 Å². The van der Waals surface area contributed by atoms with Crippen LogP contribution in [-0.4, -0.2) is 22.7 Å². The van der Waals surface area contributed by atoms with Gasteiger partial charge in [0.15, 0.2) is 0 Å². The van der Waals surface area contributed by atoms with Crippen molar-refractivity contribution in [1.82, 2.24) is 4.98 Å². The van der Waals surface area contributed by atoms with Crippen molar-refractivity contribution < 1.29 is 4.79 Å². The van der Waals surface area contributed by atoms with Gasteiger partial charge in [-0.05, 0) is 12.1 Å². The minimum atomic E-state index is 0.0931. The number of aromatic nitrogens is 1. The third-order valence-electron chi connectivity index (χ3n) is 2.09. The average Bonchev–Trinajstić information content (AvgIpc) is 2.45. The van der Waals surface area contributed by atoms with E-state index in [9.17, 15) is 4.79 Å². The number of carbonyl (C=O) groups is 1. The summed E-state index contributed by atoms with van der Waals surface area (Å²) in [5.74, 6) is 0.788. The highest BCUT2D eigenvalue weighted by Gasteiger charge is 2.28. The highest BCUT2D eigenvalue weighted by atomic mass is 79.9. The second-order valence-corrected chi connectivity index (χ2v) is 4.84. The van der Waals surface area contributed by atoms with Crippen LogP contribution < -0.4 is 4.90 Å². The average molecular weight is 273 g/mol. The van der Waals surface area contributed by atoms with Crippen molar-refractivity contribution in [3.8, 4) is 0 Å². The number of rotatable bonds is 1. The van der Waals surface area contributed by atoms with Gasteiger partial charge in [0.1, 0.15) is 5.82 Å². The molecule has 1 fully saturated rings. The molecule has 1 aromatic rings. The quantitative estimate of drug-likeness (QED) is 0.792.